The molecule has 0 saturated carbocycles. The molecule has 0 aliphatic carbocycles. The number of hydrogen-bond acceptors (Lipinski definition) is 3. The minimum absolute atomic E-state index is 0.0128. The van der Waals surface area contributed by atoms with Crippen molar-refractivity contribution >= 4 is 21.7 Å². The van der Waals surface area contributed by atoms with E-state index >= 15 is 0 Å². The quantitative estimate of drug-likeness (QED) is 0.863. The average molecular weight is 276 g/mol. The summed E-state index contributed by atoms with van der Waals surface area (Å²) in [6.45, 7) is 0. The molecule has 3 nitrogen and oxygen atoms in total. The van der Waals surface area contributed by atoms with Gasteiger partial charge in [0, 0.05) is 16.5 Å². The number of nitrogens with zero attached hydrogens (tertiary/aromatic N) is 2. The molecule has 15 heavy (non-hydrogen) atoms. The highest BCUT2D eigenvalue weighted by molar-refractivity contribution is 9.08. The topological polar surface area (TPSA) is 62.7 Å². The molecule has 0 aliphatic rings. The highest BCUT2D eigenvalue weighted by atomic mass is 79.9. The zero-order valence-corrected chi connectivity index (χ0v) is 9.26. The summed E-state index contributed by atoms with van der Waals surface area (Å²) in [4.78, 5) is 3.83. The van der Waals surface area contributed by atoms with E-state index in [1.54, 1.807) is 0 Å². The summed E-state index contributed by atoms with van der Waals surface area (Å²) >= 11 is 3.06. The van der Waals surface area contributed by atoms with Crippen LogP contribution in [0.4, 0.5) is 14.6 Å². The minimum atomic E-state index is -2.61. The van der Waals surface area contributed by atoms with E-state index in [2.05, 4.69) is 20.9 Å². The van der Waals surface area contributed by atoms with Crippen molar-refractivity contribution in [2.45, 2.75) is 18.2 Å². The third kappa shape index (κ3) is 2.63. The molecule has 0 fully saturated rings. The van der Waals surface area contributed by atoms with Gasteiger partial charge in [-0.2, -0.15) is 5.26 Å². The number of rotatable bonds is 3. The molecule has 1 rings (SSSR count). The van der Waals surface area contributed by atoms with Gasteiger partial charge in [-0.05, 0) is 6.07 Å². The number of nitriles is 1. The molecular formula is C9H8BrF2N3. The Morgan fingerprint density at radius 3 is 2.73 bits per heavy atom. The molecule has 0 aromatic carbocycles. The molecule has 6 heteroatoms. The van der Waals surface area contributed by atoms with Crippen molar-refractivity contribution in [3.05, 3.63) is 22.9 Å². The van der Waals surface area contributed by atoms with Crippen LogP contribution in [0.15, 0.2) is 6.07 Å². The van der Waals surface area contributed by atoms with E-state index in [9.17, 15) is 8.78 Å². The molecule has 0 spiro atoms. The summed E-state index contributed by atoms with van der Waals surface area (Å²) in [5.74, 6) is 0.135. The van der Waals surface area contributed by atoms with Crippen molar-refractivity contribution in [3.63, 3.8) is 0 Å². The number of halogens is 3. The first-order valence-corrected chi connectivity index (χ1v) is 5.21. The fourth-order valence-corrected chi connectivity index (χ4v) is 1.60. The van der Waals surface area contributed by atoms with Gasteiger partial charge in [0.2, 0.25) is 0 Å². The maximum atomic E-state index is 12.6. The highest BCUT2D eigenvalue weighted by Gasteiger charge is 2.16. The average Bonchev–Trinajstić information content (AvgIpc) is 2.20. The normalized spacial score (nSPS) is 10.3. The first-order chi connectivity index (χ1) is 7.10. The van der Waals surface area contributed by atoms with E-state index in [1.165, 1.54) is 6.07 Å². The Labute approximate surface area is 94.0 Å². The van der Waals surface area contributed by atoms with Gasteiger partial charge in [0.25, 0.3) is 6.43 Å². The van der Waals surface area contributed by atoms with Gasteiger partial charge in [-0.25, -0.2) is 13.8 Å². The van der Waals surface area contributed by atoms with Crippen molar-refractivity contribution < 1.29 is 8.78 Å². The Kier molecular flexibility index (Phi) is 3.97. The number of hydrogen-bond donors (Lipinski definition) is 1. The van der Waals surface area contributed by atoms with E-state index in [4.69, 9.17) is 11.0 Å². The number of nitrogens with two attached hydrogens (primary N) is 1. The van der Waals surface area contributed by atoms with Gasteiger partial charge < -0.3 is 5.73 Å². The van der Waals surface area contributed by atoms with E-state index in [1.807, 2.05) is 6.07 Å². The lowest BCUT2D eigenvalue weighted by molar-refractivity contribution is 0.150. The first-order valence-electron chi connectivity index (χ1n) is 4.09. The Balaban J connectivity index is 3.25. The van der Waals surface area contributed by atoms with Crippen LogP contribution in [-0.4, -0.2) is 4.98 Å². The predicted molar refractivity (Wildman–Crippen MR) is 55.6 cm³/mol. The Hall–Kier alpha value is -1.22. The summed E-state index contributed by atoms with van der Waals surface area (Å²) in [6, 6.07) is 3.09. The lowest BCUT2D eigenvalue weighted by Gasteiger charge is -2.09. The molecule has 0 bridgehead atoms. The van der Waals surface area contributed by atoms with Gasteiger partial charge >= 0.3 is 0 Å². The molecule has 1 aromatic heterocycles. The van der Waals surface area contributed by atoms with Crippen LogP contribution in [0, 0.1) is 11.3 Å². The van der Waals surface area contributed by atoms with Crippen molar-refractivity contribution in [2.24, 2.45) is 0 Å². The standard InChI is InChI=1S/C9H8BrF2N3/c10-4-7-6(8(11)12)3-5(1-2-13)9(14)15-7/h3,8H,1,4H2,(H2,14,15). The van der Waals surface area contributed by atoms with Gasteiger partial charge in [0.05, 0.1) is 18.2 Å². The largest absolute Gasteiger partial charge is 0.383 e. The summed E-state index contributed by atoms with van der Waals surface area (Å²) in [5.41, 5.74) is 5.91. The second-order valence-electron chi connectivity index (χ2n) is 2.84. The number of anilines is 1. The van der Waals surface area contributed by atoms with Crippen molar-refractivity contribution in [1.82, 2.24) is 4.98 Å². The summed E-state index contributed by atoms with van der Waals surface area (Å²) in [5, 5.41) is 8.68. The zero-order chi connectivity index (χ0) is 11.4. The Morgan fingerprint density at radius 2 is 2.27 bits per heavy atom. The van der Waals surface area contributed by atoms with Gasteiger partial charge in [0.1, 0.15) is 5.82 Å². The summed E-state index contributed by atoms with van der Waals surface area (Å²) < 4.78 is 25.2. The maximum Gasteiger partial charge on any atom is 0.265 e. The van der Waals surface area contributed by atoms with Crippen LogP contribution in [0.3, 0.4) is 0 Å². The number of pyridine rings is 1. The van der Waals surface area contributed by atoms with Crippen molar-refractivity contribution in [3.8, 4) is 6.07 Å². The number of aromatic nitrogens is 1. The second kappa shape index (κ2) is 5.03. The minimum Gasteiger partial charge on any atom is -0.383 e. The van der Waals surface area contributed by atoms with Gasteiger partial charge in [-0.15, -0.1) is 0 Å². The van der Waals surface area contributed by atoms with Gasteiger partial charge in [-0.1, -0.05) is 15.9 Å². The van der Waals surface area contributed by atoms with Gasteiger partial charge in [0.15, 0.2) is 0 Å². The molecule has 0 unspecified atom stereocenters. The Morgan fingerprint density at radius 1 is 1.60 bits per heavy atom. The smallest absolute Gasteiger partial charge is 0.265 e. The predicted octanol–water partition coefficient (Wildman–Crippen LogP) is 2.56. The third-order valence-electron chi connectivity index (χ3n) is 1.88. The summed E-state index contributed by atoms with van der Waals surface area (Å²) in [7, 11) is 0. The molecule has 1 heterocycles. The maximum absolute atomic E-state index is 12.6. The fraction of sp³-hybridized carbons (Fsp3) is 0.333. The van der Waals surface area contributed by atoms with Crippen LogP contribution in [0.25, 0.3) is 0 Å². The van der Waals surface area contributed by atoms with Crippen LogP contribution in [0.2, 0.25) is 0 Å². The molecular weight excluding hydrogens is 268 g/mol. The van der Waals surface area contributed by atoms with E-state index in [0.29, 0.717) is 5.56 Å². The van der Waals surface area contributed by atoms with Crippen LogP contribution >= 0.6 is 15.9 Å². The van der Waals surface area contributed by atoms with Crippen molar-refractivity contribution in [1.29, 1.82) is 5.26 Å². The fourth-order valence-electron chi connectivity index (χ4n) is 1.15. The van der Waals surface area contributed by atoms with E-state index in [-0.39, 0.29) is 28.8 Å². The SMILES string of the molecule is N#CCc1cc(C(F)F)c(CBr)nc1N. The molecule has 0 aliphatic heterocycles. The lowest BCUT2D eigenvalue weighted by atomic mass is 10.1. The zero-order valence-electron chi connectivity index (χ0n) is 7.67. The van der Waals surface area contributed by atoms with Crippen LogP contribution in [-0.2, 0) is 11.8 Å². The van der Waals surface area contributed by atoms with Crippen molar-refractivity contribution in [2.75, 3.05) is 5.73 Å². The number of nitrogen functional groups attached to an aromatic ring is 1. The van der Waals surface area contributed by atoms with E-state index in [0.717, 1.165) is 0 Å². The molecule has 0 radical (unpaired) electrons. The monoisotopic (exact) mass is 275 g/mol. The van der Waals surface area contributed by atoms with Crippen LogP contribution in [0.1, 0.15) is 23.2 Å². The number of alkyl halides is 3. The summed E-state index contributed by atoms with van der Waals surface area (Å²) in [6.07, 6.45) is -2.62. The highest BCUT2D eigenvalue weighted by Crippen LogP contribution is 2.26. The second-order valence-corrected chi connectivity index (χ2v) is 3.40. The first kappa shape index (κ1) is 11.9. The molecule has 80 valence electrons. The lowest BCUT2D eigenvalue weighted by Crippen LogP contribution is -2.04. The van der Waals surface area contributed by atoms with Crippen LogP contribution in [0.5, 0.6) is 0 Å². The third-order valence-corrected chi connectivity index (χ3v) is 2.41. The molecule has 0 saturated heterocycles. The van der Waals surface area contributed by atoms with Crippen LogP contribution < -0.4 is 5.73 Å². The van der Waals surface area contributed by atoms with E-state index < -0.39 is 6.43 Å². The molecule has 2 N–H and O–H groups in total. The Bertz CT molecular complexity index is 401. The molecule has 1 aromatic rings. The molecule has 0 amide bonds. The molecule has 0 atom stereocenters. The van der Waals surface area contributed by atoms with Gasteiger partial charge in [-0.3, -0.25) is 0 Å².